The van der Waals surface area contributed by atoms with Crippen LogP contribution in [-0.2, 0) is 11.2 Å². The molecule has 0 amide bonds. The molecular formula is C19H28O2S. The minimum atomic E-state index is 0.155. The fourth-order valence-electron chi connectivity index (χ4n) is 3.67. The predicted molar refractivity (Wildman–Crippen MR) is 94.4 cm³/mol. The van der Waals surface area contributed by atoms with Crippen LogP contribution in [0.25, 0.3) is 0 Å². The van der Waals surface area contributed by atoms with Gasteiger partial charge in [-0.2, -0.15) is 0 Å². The van der Waals surface area contributed by atoms with Crippen LogP contribution in [0, 0.1) is 17.3 Å². The van der Waals surface area contributed by atoms with Gasteiger partial charge in [0.2, 0.25) is 0 Å². The number of benzene rings is 1. The Morgan fingerprint density at radius 1 is 1.32 bits per heavy atom. The third kappa shape index (κ3) is 4.28. The molecule has 0 aromatic heterocycles. The Balaban J connectivity index is 1.86. The van der Waals surface area contributed by atoms with E-state index in [1.807, 2.05) is 12.1 Å². The number of carbonyl (C=O) groups excluding carboxylic acids is 1. The van der Waals surface area contributed by atoms with Crippen LogP contribution in [0.1, 0.15) is 45.6 Å². The zero-order chi connectivity index (χ0) is 16.2. The summed E-state index contributed by atoms with van der Waals surface area (Å²) in [5.74, 6) is 2.47. The lowest BCUT2D eigenvalue weighted by Gasteiger charge is -2.41. The number of methoxy groups -OCH3 is 1. The summed E-state index contributed by atoms with van der Waals surface area (Å²) in [6.07, 6.45) is 4.56. The molecule has 22 heavy (non-hydrogen) atoms. The largest absolute Gasteiger partial charge is 0.497 e. The van der Waals surface area contributed by atoms with Crippen LogP contribution in [-0.4, -0.2) is 18.0 Å². The van der Waals surface area contributed by atoms with Crippen LogP contribution < -0.4 is 4.74 Å². The SMILES string of the molecule is COc1ccc(CCSC(=O)C2C(C)CCCC2(C)C)cc1. The van der Waals surface area contributed by atoms with Gasteiger partial charge in [0.15, 0.2) is 5.12 Å². The highest BCUT2D eigenvalue weighted by Crippen LogP contribution is 2.45. The van der Waals surface area contributed by atoms with Gasteiger partial charge in [-0.25, -0.2) is 0 Å². The molecule has 122 valence electrons. The molecule has 2 unspecified atom stereocenters. The highest BCUT2D eigenvalue weighted by atomic mass is 32.2. The maximum absolute atomic E-state index is 12.7. The number of ether oxygens (including phenoxy) is 1. The minimum absolute atomic E-state index is 0.155. The van der Waals surface area contributed by atoms with Crippen LogP contribution in [0.4, 0.5) is 0 Å². The van der Waals surface area contributed by atoms with Gasteiger partial charge in [-0.05, 0) is 48.3 Å². The normalized spacial score (nSPS) is 24.0. The van der Waals surface area contributed by atoms with Gasteiger partial charge in [0.25, 0.3) is 0 Å². The van der Waals surface area contributed by atoms with Gasteiger partial charge in [0.1, 0.15) is 5.75 Å². The molecule has 1 aliphatic carbocycles. The number of aryl methyl sites for hydroxylation is 1. The van der Waals surface area contributed by atoms with Gasteiger partial charge in [-0.3, -0.25) is 4.79 Å². The molecule has 2 nitrogen and oxygen atoms in total. The Labute approximate surface area is 139 Å². The van der Waals surface area contributed by atoms with Crippen molar-refractivity contribution in [3.8, 4) is 5.75 Å². The van der Waals surface area contributed by atoms with Crippen molar-refractivity contribution in [3.05, 3.63) is 29.8 Å². The van der Waals surface area contributed by atoms with Crippen molar-refractivity contribution < 1.29 is 9.53 Å². The van der Waals surface area contributed by atoms with Crippen LogP contribution in [0.5, 0.6) is 5.75 Å². The number of hydrogen-bond donors (Lipinski definition) is 0. The van der Waals surface area contributed by atoms with Gasteiger partial charge < -0.3 is 4.74 Å². The summed E-state index contributed by atoms with van der Waals surface area (Å²) < 4.78 is 5.17. The van der Waals surface area contributed by atoms with Crippen molar-refractivity contribution in [1.82, 2.24) is 0 Å². The molecule has 1 aliphatic rings. The molecular weight excluding hydrogens is 292 g/mol. The zero-order valence-electron chi connectivity index (χ0n) is 14.2. The topological polar surface area (TPSA) is 26.3 Å². The number of carbonyl (C=O) groups is 1. The van der Waals surface area contributed by atoms with Gasteiger partial charge in [-0.1, -0.05) is 51.1 Å². The third-order valence-electron chi connectivity index (χ3n) is 4.94. The van der Waals surface area contributed by atoms with Crippen molar-refractivity contribution in [1.29, 1.82) is 0 Å². The summed E-state index contributed by atoms with van der Waals surface area (Å²) in [6, 6.07) is 8.12. The van der Waals surface area contributed by atoms with Gasteiger partial charge in [0, 0.05) is 11.7 Å². The van der Waals surface area contributed by atoms with Crippen LogP contribution in [0.3, 0.4) is 0 Å². The maximum atomic E-state index is 12.7. The smallest absolute Gasteiger partial charge is 0.192 e. The molecule has 2 rings (SSSR count). The van der Waals surface area contributed by atoms with E-state index >= 15 is 0 Å². The molecule has 0 bridgehead atoms. The molecule has 1 fully saturated rings. The second-order valence-corrected chi connectivity index (χ2v) is 8.20. The summed E-state index contributed by atoms with van der Waals surface area (Å²) in [7, 11) is 1.68. The molecule has 0 spiro atoms. The molecule has 1 saturated carbocycles. The van der Waals surface area contributed by atoms with Crippen molar-refractivity contribution in [2.45, 2.75) is 46.5 Å². The van der Waals surface area contributed by atoms with Gasteiger partial charge in [0.05, 0.1) is 7.11 Å². The number of rotatable bonds is 5. The molecule has 3 heteroatoms. The first-order chi connectivity index (χ1) is 10.4. The summed E-state index contributed by atoms with van der Waals surface area (Å²) in [4.78, 5) is 12.7. The first-order valence-corrected chi connectivity index (χ1v) is 9.22. The van der Waals surface area contributed by atoms with Crippen molar-refractivity contribution in [2.75, 3.05) is 12.9 Å². The summed E-state index contributed by atoms with van der Waals surface area (Å²) in [5, 5.41) is 0.394. The molecule has 0 N–H and O–H groups in total. The van der Waals surface area contributed by atoms with E-state index in [9.17, 15) is 4.79 Å². The molecule has 0 heterocycles. The average molecular weight is 320 g/mol. The van der Waals surface area contributed by atoms with E-state index in [-0.39, 0.29) is 11.3 Å². The zero-order valence-corrected chi connectivity index (χ0v) is 15.0. The van der Waals surface area contributed by atoms with E-state index < -0.39 is 0 Å². The lowest BCUT2D eigenvalue weighted by Crippen LogP contribution is -2.38. The van der Waals surface area contributed by atoms with Crippen LogP contribution >= 0.6 is 11.8 Å². The molecule has 2 atom stereocenters. The first kappa shape index (κ1) is 17.4. The van der Waals surface area contributed by atoms with Crippen LogP contribution in [0.2, 0.25) is 0 Å². The molecule has 1 aromatic carbocycles. The second kappa shape index (κ2) is 7.54. The Bertz CT molecular complexity index is 493. The Kier molecular flexibility index (Phi) is 5.96. The number of hydrogen-bond acceptors (Lipinski definition) is 3. The maximum Gasteiger partial charge on any atom is 0.192 e. The molecule has 0 radical (unpaired) electrons. The van der Waals surface area contributed by atoms with E-state index in [2.05, 4.69) is 32.9 Å². The Hall–Kier alpha value is -0.960. The van der Waals surface area contributed by atoms with E-state index in [4.69, 9.17) is 4.74 Å². The minimum Gasteiger partial charge on any atom is -0.497 e. The fraction of sp³-hybridized carbons (Fsp3) is 0.632. The second-order valence-electron chi connectivity index (χ2n) is 7.10. The average Bonchev–Trinajstić information content (AvgIpc) is 2.47. The van der Waals surface area contributed by atoms with E-state index in [0.29, 0.717) is 11.0 Å². The molecule has 1 aromatic rings. The quantitative estimate of drug-likeness (QED) is 0.767. The van der Waals surface area contributed by atoms with E-state index in [1.165, 1.54) is 36.6 Å². The first-order valence-electron chi connectivity index (χ1n) is 8.23. The lowest BCUT2D eigenvalue weighted by molar-refractivity contribution is -0.121. The van der Waals surface area contributed by atoms with E-state index in [1.54, 1.807) is 7.11 Å². The third-order valence-corrected chi connectivity index (χ3v) is 5.89. The Morgan fingerprint density at radius 3 is 2.59 bits per heavy atom. The Morgan fingerprint density at radius 2 is 2.00 bits per heavy atom. The number of thioether (sulfide) groups is 1. The predicted octanol–water partition coefficient (Wildman–Crippen LogP) is 4.96. The standard InChI is InChI=1S/C19H28O2S/c1-14-6-5-12-19(2,3)17(14)18(20)22-13-11-15-7-9-16(21-4)10-8-15/h7-10,14,17H,5-6,11-13H2,1-4H3. The van der Waals surface area contributed by atoms with Crippen molar-refractivity contribution in [3.63, 3.8) is 0 Å². The monoisotopic (exact) mass is 320 g/mol. The molecule has 0 saturated heterocycles. The highest BCUT2D eigenvalue weighted by molar-refractivity contribution is 8.13. The lowest BCUT2D eigenvalue weighted by atomic mass is 9.65. The summed E-state index contributed by atoms with van der Waals surface area (Å²) >= 11 is 1.52. The van der Waals surface area contributed by atoms with Crippen molar-refractivity contribution in [2.24, 2.45) is 17.3 Å². The molecule has 0 aliphatic heterocycles. The van der Waals surface area contributed by atoms with Crippen molar-refractivity contribution >= 4 is 16.9 Å². The highest BCUT2D eigenvalue weighted by Gasteiger charge is 2.41. The fourth-order valence-corrected chi connectivity index (χ4v) is 4.94. The van der Waals surface area contributed by atoms with Crippen LogP contribution in [0.15, 0.2) is 24.3 Å². The summed E-state index contributed by atoms with van der Waals surface area (Å²) in [5.41, 5.74) is 1.42. The van der Waals surface area contributed by atoms with Gasteiger partial charge >= 0.3 is 0 Å². The summed E-state index contributed by atoms with van der Waals surface area (Å²) in [6.45, 7) is 6.76. The van der Waals surface area contributed by atoms with Gasteiger partial charge in [-0.15, -0.1) is 0 Å². The van der Waals surface area contributed by atoms with E-state index in [0.717, 1.165) is 17.9 Å².